The maximum atomic E-state index is 13.0. The van der Waals surface area contributed by atoms with Crippen molar-refractivity contribution in [3.8, 4) is 0 Å². The van der Waals surface area contributed by atoms with Crippen molar-refractivity contribution < 1.29 is 18.3 Å². The number of rotatable bonds is 5. The molecule has 0 bridgehead atoms. The lowest BCUT2D eigenvalue weighted by Crippen LogP contribution is -2.21. The Kier molecular flexibility index (Phi) is 4.76. The first kappa shape index (κ1) is 14.6. The maximum Gasteiger partial charge on any atom is 0.159 e. The van der Waals surface area contributed by atoms with Crippen LogP contribution in [0.3, 0.4) is 0 Å². The highest BCUT2D eigenvalue weighted by atomic mass is 19.2. The van der Waals surface area contributed by atoms with Gasteiger partial charge in [0.15, 0.2) is 11.6 Å². The summed E-state index contributed by atoms with van der Waals surface area (Å²) < 4.78 is 38.4. The third kappa shape index (κ3) is 3.82. The van der Waals surface area contributed by atoms with Crippen LogP contribution in [0.5, 0.6) is 0 Å². The molecule has 0 aliphatic heterocycles. The predicted octanol–water partition coefficient (Wildman–Crippen LogP) is 2.93. The molecular formula is C15H14F3NO. The lowest BCUT2D eigenvalue weighted by Gasteiger charge is -2.12. The van der Waals surface area contributed by atoms with Crippen molar-refractivity contribution in [3.05, 3.63) is 71.0 Å². The Morgan fingerprint density at radius 1 is 0.950 bits per heavy atom. The van der Waals surface area contributed by atoms with E-state index < -0.39 is 17.7 Å². The molecule has 106 valence electrons. The van der Waals surface area contributed by atoms with Crippen LogP contribution in [-0.4, -0.2) is 11.7 Å². The molecule has 2 nitrogen and oxygen atoms in total. The van der Waals surface area contributed by atoms with Crippen molar-refractivity contribution in [2.24, 2.45) is 0 Å². The Bertz CT molecular complexity index is 572. The molecule has 0 aromatic heterocycles. The van der Waals surface area contributed by atoms with Gasteiger partial charge in [-0.3, -0.25) is 0 Å². The number of hydrogen-bond acceptors (Lipinski definition) is 2. The van der Waals surface area contributed by atoms with E-state index in [4.69, 9.17) is 0 Å². The Labute approximate surface area is 114 Å². The van der Waals surface area contributed by atoms with E-state index in [1.54, 1.807) is 0 Å². The summed E-state index contributed by atoms with van der Waals surface area (Å²) in [5.41, 5.74) is 1.17. The number of benzene rings is 2. The molecule has 0 fully saturated rings. The summed E-state index contributed by atoms with van der Waals surface area (Å²) in [6, 6.07) is 9.17. The molecule has 2 N–H and O–H groups in total. The molecule has 0 saturated heterocycles. The van der Waals surface area contributed by atoms with Crippen LogP contribution in [0.2, 0.25) is 0 Å². The van der Waals surface area contributed by atoms with Gasteiger partial charge in [-0.15, -0.1) is 0 Å². The smallest absolute Gasteiger partial charge is 0.159 e. The minimum absolute atomic E-state index is 0.227. The van der Waals surface area contributed by atoms with Crippen molar-refractivity contribution >= 4 is 0 Å². The summed E-state index contributed by atoms with van der Waals surface area (Å²) in [5, 5.41) is 12.8. The molecule has 1 unspecified atom stereocenters. The summed E-state index contributed by atoms with van der Waals surface area (Å²) in [7, 11) is 0. The van der Waals surface area contributed by atoms with E-state index in [9.17, 15) is 18.3 Å². The Hall–Kier alpha value is -1.85. The van der Waals surface area contributed by atoms with E-state index in [1.165, 1.54) is 30.3 Å². The van der Waals surface area contributed by atoms with Gasteiger partial charge >= 0.3 is 0 Å². The van der Waals surface area contributed by atoms with Crippen LogP contribution in [0.15, 0.2) is 42.5 Å². The average Bonchev–Trinajstić information content (AvgIpc) is 2.43. The van der Waals surface area contributed by atoms with Crippen LogP contribution in [0, 0.1) is 17.5 Å². The topological polar surface area (TPSA) is 32.3 Å². The zero-order valence-electron chi connectivity index (χ0n) is 10.6. The molecule has 5 heteroatoms. The summed E-state index contributed by atoms with van der Waals surface area (Å²) in [4.78, 5) is 0. The van der Waals surface area contributed by atoms with Gasteiger partial charge in [0, 0.05) is 13.1 Å². The quantitative estimate of drug-likeness (QED) is 0.883. The van der Waals surface area contributed by atoms with E-state index in [0.717, 1.165) is 12.1 Å². The molecule has 2 rings (SSSR count). The molecule has 1 atom stereocenters. The minimum atomic E-state index is -0.900. The van der Waals surface area contributed by atoms with Crippen molar-refractivity contribution in [2.45, 2.75) is 12.6 Å². The second kappa shape index (κ2) is 6.54. The Morgan fingerprint density at radius 2 is 1.65 bits per heavy atom. The highest BCUT2D eigenvalue weighted by molar-refractivity contribution is 5.19. The number of hydrogen-bond donors (Lipinski definition) is 2. The molecule has 20 heavy (non-hydrogen) atoms. The fourth-order valence-electron chi connectivity index (χ4n) is 1.81. The minimum Gasteiger partial charge on any atom is -0.387 e. The summed E-state index contributed by atoms with van der Waals surface area (Å²) >= 11 is 0. The molecule has 2 aromatic rings. The van der Waals surface area contributed by atoms with Gasteiger partial charge in [-0.05, 0) is 35.4 Å². The molecule has 0 radical (unpaired) electrons. The molecule has 0 saturated carbocycles. The molecule has 0 spiro atoms. The van der Waals surface area contributed by atoms with Crippen LogP contribution in [-0.2, 0) is 6.54 Å². The van der Waals surface area contributed by atoms with E-state index in [2.05, 4.69) is 5.32 Å². The van der Waals surface area contributed by atoms with Crippen LogP contribution in [0.25, 0.3) is 0 Å². The first-order valence-corrected chi connectivity index (χ1v) is 6.14. The highest BCUT2D eigenvalue weighted by Gasteiger charge is 2.07. The van der Waals surface area contributed by atoms with Crippen molar-refractivity contribution in [1.29, 1.82) is 0 Å². The van der Waals surface area contributed by atoms with Crippen molar-refractivity contribution in [1.82, 2.24) is 5.32 Å². The van der Waals surface area contributed by atoms with Gasteiger partial charge in [0.25, 0.3) is 0 Å². The zero-order valence-corrected chi connectivity index (χ0v) is 10.6. The van der Waals surface area contributed by atoms with E-state index in [1.807, 2.05) is 0 Å². The molecular weight excluding hydrogens is 267 g/mol. The van der Waals surface area contributed by atoms with Crippen molar-refractivity contribution in [2.75, 3.05) is 6.54 Å². The first-order chi connectivity index (χ1) is 9.56. The van der Waals surface area contributed by atoms with Crippen molar-refractivity contribution in [3.63, 3.8) is 0 Å². The van der Waals surface area contributed by atoms with E-state index in [-0.39, 0.29) is 12.4 Å². The van der Waals surface area contributed by atoms with Crippen LogP contribution in [0.1, 0.15) is 17.2 Å². The van der Waals surface area contributed by atoms with Gasteiger partial charge in [0.2, 0.25) is 0 Å². The number of aliphatic hydroxyl groups excluding tert-OH is 1. The van der Waals surface area contributed by atoms with E-state index in [0.29, 0.717) is 17.7 Å². The van der Waals surface area contributed by atoms with Gasteiger partial charge < -0.3 is 10.4 Å². The summed E-state index contributed by atoms with van der Waals surface area (Å²) in [6.07, 6.45) is -0.791. The van der Waals surface area contributed by atoms with Gasteiger partial charge in [0.1, 0.15) is 5.82 Å². The highest BCUT2D eigenvalue weighted by Crippen LogP contribution is 2.13. The van der Waals surface area contributed by atoms with Gasteiger partial charge in [0.05, 0.1) is 6.10 Å². The Balaban J connectivity index is 1.86. The molecule has 2 aromatic carbocycles. The SMILES string of the molecule is OC(CNCc1ccc(F)c(F)c1)c1ccc(F)cc1. The van der Waals surface area contributed by atoms with E-state index >= 15 is 0 Å². The third-order valence-electron chi connectivity index (χ3n) is 2.91. The van der Waals surface area contributed by atoms with Gasteiger partial charge in [-0.2, -0.15) is 0 Å². The maximum absolute atomic E-state index is 13.0. The predicted molar refractivity (Wildman–Crippen MR) is 69.4 cm³/mol. The van der Waals surface area contributed by atoms with Gasteiger partial charge in [-0.25, -0.2) is 13.2 Å². The lowest BCUT2D eigenvalue weighted by atomic mass is 10.1. The third-order valence-corrected chi connectivity index (χ3v) is 2.91. The second-order valence-corrected chi connectivity index (χ2v) is 4.45. The average molecular weight is 281 g/mol. The molecule has 0 aliphatic carbocycles. The standard InChI is InChI=1S/C15H14F3NO/c16-12-4-2-11(3-5-12)15(20)9-19-8-10-1-6-13(17)14(18)7-10/h1-7,15,19-20H,8-9H2. The Morgan fingerprint density at radius 3 is 2.30 bits per heavy atom. The lowest BCUT2D eigenvalue weighted by molar-refractivity contribution is 0.174. The second-order valence-electron chi connectivity index (χ2n) is 4.45. The van der Waals surface area contributed by atoms with Crippen LogP contribution >= 0.6 is 0 Å². The zero-order chi connectivity index (χ0) is 14.5. The largest absolute Gasteiger partial charge is 0.387 e. The normalized spacial score (nSPS) is 12.4. The summed E-state index contributed by atoms with van der Waals surface area (Å²) in [6.45, 7) is 0.528. The first-order valence-electron chi connectivity index (χ1n) is 6.14. The fraction of sp³-hybridized carbons (Fsp3) is 0.200. The van der Waals surface area contributed by atoms with Crippen LogP contribution in [0.4, 0.5) is 13.2 Å². The molecule has 0 heterocycles. The van der Waals surface area contributed by atoms with Crippen LogP contribution < -0.4 is 5.32 Å². The number of halogens is 3. The monoisotopic (exact) mass is 281 g/mol. The molecule has 0 aliphatic rings. The molecule has 0 amide bonds. The summed E-state index contributed by atoms with van der Waals surface area (Å²) in [5.74, 6) is -2.15. The fourth-order valence-corrected chi connectivity index (χ4v) is 1.81. The van der Waals surface area contributed by atoms with Gasteiger partial charge in [-0.1, -0.05) is 18.2 Å². The number of nitrogens with one attached hydrogen (secondary N) is 1. The number of aliphatic hydroxyl groups is 1.